The highest BCUT2D eigenvalue weighted by Gasteiger charge is 2.13. The number of nitro groups is 1. The van der Waals surface area contributed by atoms with Crippen molar-refractivity contribution in [2.45, 2.75) is 4.34 Å². The van der Waals surface area contributed by atoms with E-state index >= 15 is 0 Å². The maximum absolute atomic E-state index is 12.3. The number of non-ortho nitro benzene ring substituents is 1. The van der Waals surface area contributed by atoms with E-state index in [1.807, 2.05) is 30.3 Å². The Bertz CT molecular complexity index is 1300. The van der Waals surface area contributed by atoms with Gasteiger partial charge in [-0.3, -0.25) is 14.9 Å². The van der Waals surface area contributed by atoms with Crippen molar-refractivity contribution in [3.63, 3.8) is 0 Å². The largest absolute Gasteiger partial charge is 0.301 e. The zero-order valence-electron chi connectivity index (χ0n) is 15.6. The molecule has 1 amide bonds. The summed E-state index contributed by atoms with van der Waals surface area (Å²) in [5, 5.41) is 20.3. The lowest BCUT2D eigenvalue weighted by atomic mass is 10.1. The Morgan fingerprint density at radius 1 is 1.23 bits per heavy atom. The summed E-state index contributed by atoms with van der Waals surface area (Å²) in [6.07, 6.45) is 0. The molecule has 0 spiro atoms. The molecule has 156 valence electrons. The molecule has 4 rings (SSSR count). The number of hydrogen-bond donors (Lipinski definition) is 1. The molecule has 0 saturated heterocycles. The van der Waals surface area contributed by atoms with Gasteiger partial charge in [-0.25, -0.2) is 9.67 Å². The highest BCUT2D eigenvalue weighted by Crippen LogP contribution is 2.28. The summed E-state index contributed by atoms with van der Waals surface area (Å²) in [5.74, 6) is -0.0691. The van der Waals surface area contributed by atoms with Gasteiger partial charge in [-0.05, 0) is 24.4 Å². The first-order chi connectivity index (χ1) is 15.0. The van der Waals surface area contributed by atoms with E-state index in [1.165, 1.54) is 46.6 Å². The predicted octanol–water partition coefficient (Wildman–Crippen LogP) is 5.43. The molecule has 0 aliphatic rings. The van der Waals surface area contributed by atoms with Crippen molar-refractivity contribution in [1.29, 1.82) is 0 Å². The maximum atomic E-state index is 12.3. The highest BCUT2D eigenvalue weighted by atomic mass is 32.2. The van der Waals surface area contributed by atoms with Gasteiger partial charge in [-0.1, -0.05) is 53.4 Å². The second-order valence-electron chi connectivity index (χ2n) is 6.06. The first-order valence-corrected chi connectivity index (χ1v) is 11.9. The summed E-state index contributed by atoms with van der Waals surface area (Å²) < 4.78 is 2.97. The third kappa shape index (κ3) is 5.22. The quantitative estimate of drug-likeness (QED) is 0.161. The van der Waals surface area contributed by atoms with Crippen LogP contribution in [0.1, 0.15) is 0 Å². The summed E-state index contributed by atoms with van der Waals surface area (Å²) in [6, 6.07) is 15.8. The van der Waals surface area contributed by atoms with Gasteiger partial charge in [0.05, 0.1) is 22.1 Å². The van der Waals surface area contributed by atoms with Crippen molar-refractivity contribution in [3.8, 4) is 16.9 Å². The smallest absolute Gasteiger partial charge is 0.270 e. The van der Waals surface area contributed by atoms with Crippen molar-refractivity contribution in [1.82, 2.24) is 14.8 Å². The van der Waals surface area contributed by atoms with E-state index in [9.17, 15) is 14.9 Å². The number of benzene rings is 2. The molecule has 0 aliphatic heterocycles. The average Bonchev–Trinajstić information content (AvgIpc) is 3.39. The second kappa shape index (κ2) is 9.47. The van der Waals surface area contributed by atoms with Gasteiger partial charge in [0.15, 0.2) is 13.4 Å². The number of thiazole rings is 1. The van der Waals surface area contributed by atoms with Crippen LogP contribution >= 0.6 is 46.7 Å². The maximum Gasteiger partial charge on any atom is 0.270 e. The van der Waals surface area contributed by atoms with E-state index in [1.54, 1.807) is 22.2 Å². The molecule has 0 fully saturated rings. The van der Waals surface area contributed by atoms with Crippen LogP contribution in [0.2, 0.25) is 0 Å². The van der Waals surface area contributed by atoms with Crippen molar-refractivity contribution in [2.24, 2.45) is 0 Å². The van der Waals surface area contributed by atoms with E-state index in [-0.39, 0.29) is 17.3 Å². The molecule has 31 heavy (non-hydrogen) atoms. The molecular formula is C19H13N5O3S4. The van der Waals surface area contributed by atoms with Gasteiger partial charge in [-0.2, -0.15) is 0 Å². The van der Waals surface area contributed by atoms with E-state index in [0.717, 1.165) is 5.69 Å². The van der Waals surface area contributed by atoms with Gasteiger partial charge in [0.25, 0.3) is 5.69 Å². The first kappa shape index (κ1) is 21.3. The normalized spacial score (nSPS) is 10.7. The number of nitrogens with zero attached hydrogens (tertiary/aromatic N) is 4. The molecule has 12 heteroatoms. The Kier molecular flexibility index (Phi) is 6.51. The van der Waals surface area contributed by atoms with Crippen LogP contribution in [0, 0.1) is 14.1 Å². The van der Waals surface area contributed by atoms with Crippen LogP contribution in [-0.4, -0.2) is 31.3 Å². The van der Waals surface area contributed by atoms with Gasteiger partial charge in [0.1, 0.15) is 0 Å². The average molecular weight is 488 g/mol. The number of rotatable bonds is 7. The predicted molar refractivity (Wildman–Crippen MR) is 126 cm³/mol. The van der Waals surface area contributed by atoms with Crippen molar-refractivity contribution in [2.75, 3.05) is 11.1 Å². The van der Waals surface area contributed by atoms with E-state index in [2.05, 4.69) is 15.4 Å². The van der Waals surface area contributed by atoms with E-state index < -0.39 is 4.92 Å². The van der Waals surface area contributed by atoms with Crippen LogP contribution < -0.4 is 5.32 Å². The van der Waals surface area contributed by atoms with Crippen LogP contribution in [0.5, 0.6) is 0 Å². The molecule has 0 atom stereocenters. The lowest BCUT2D eigenvalue weighted by Gasteiger charge is -2.01. The monoisotopic (exact) mass is 487 g/mol. The van der Waals surface area contributed by atoms with Gasteiger partial charge in [0.2, 0.25) is 5.91 Å². The van der Waals surface area contributed by atoms with Crippen molar-refractivity contribution < 1.29 is 9.72 Å². The van der Waals surface area contributed by atoms with Crippen molar-refractivity contribution >= 4 is 63.4 Å². The number of nitrogens with one attached hydrogen (secondary N) is 1. The van der Waals surface area contributed by atoms with Crippen LogP contribution in [0.3, 0.4) is 0 Å². The number of amides is 1. The first-order valence-electron chi connectivity index (χ1n) is 8.78. The number of anilines is 1. The summed E-state index contributed by atoms with van der Waals surface area (Å²) in [6.45, 7) is 0. The van der Waals surface area contributed by atoms with E-state index in [4.69, 9.17) is 12.2 Å². The summed E-state index contributed by atoms with van der Waals surface area (Å²) in [5.41, 5.74) is 2.05. The Morgan fingerprint density at radius 2 is 2.03 bits per heavy atom. The number of para-hydroxylation sites is 1. The molecule has 0 saturated carbocycles. The molecule has 2 aromatic heterocycles. The van der Waals surface area contributed by atoms with E-state index in [0.29, 0.717) is 24.7 Å². The second-order valence-corrected chi connectivity index (χ2v) is 9.77. The molecule has 2 aromatic carbocycles. The number of hydrogen-bond acceptors (Lipinski definition) is 9. The minimum Gasteiger partial charge on any atom is -0.301 e. The van der Waals surface area contributed by atoms with Gasteiger partial charge in [-0.15, -0.1) is 16.4 Å². The molecule has 4 aromatic rings. The number of aromatic nitrogens is 3. The van der Waals surface area contributed by atoms with Gasteiger partial charge >= 0.3 is 0 Å². The third-order valence-electron chi connectivity index (χ3n) is 3.96. The van der Waals surface area contributed by atoms with Crippen LogP contribution in [0.25, 0.3) is 16.9 Å². The minimum atomic E-state index is -0.454. The number of nitro benzene ring substituents is 1. The van der Waals surface area contributed by atoms with Crippen LogP contribution in [-0.2, 0) is 4.79 Å². The standard InChI is InChI=1S/C19H13N5O3S4/c25-16(11-30-18-22-23(19(28)31-18)13-6-2-1-3-7-13)21-17-20-15(10-29-17)12-5-4-8-14(9-12)24(26)27/h1-10H,11H2,(H,20,21,25). The van der Waals surface area contributed by atoms with Gasteiger partial charge < -0.3 is 5.32 Å². The SMILES string of the molecule is O=C(CSc1nn(-c2ccccc2)c(=S)s1)Nc1nc(-c2cccc([N+](=O)[O-])c2)cs1. The Balaban J connectivity index is 1.38. The molecule has 1 N–H and O–H groups in total. The van der Waals surface area contributed by atoms with Crippen LogP contribution in [0.15, 0.2) is 64.3 Å². The number of carbonyl (C=O) groups is 1. The third-order valence-corrected chi connectivity index (χ3v) is 7.08. The van der Waals surface area contributed by atoms with Gasteiger partial charge in [0, 0.05) is 23.1 Å². The molecule has 0 radical (unpaired) electrons. The summed E-state index contributed by atoms with van der Waals surface area (Å²) in [7, 11) is 0. The zero-order chi connectivity index (χ0) is 21.8. The molecule has 0 bridgehead atoms. The summed E-state index contributed by atoms with van der Waals surface area (Å²) >= 11 is 9.26. The molecule has 2 heterocycles. The summed E-state index contributed by atoms with van der Waals surface area (Å²) in [4.78, 5) is 27.2. The minimum absolute atomic E-state index is 0.00946. The highest BCUT2D eigenvalue weighted by molar-refractivity contribution is 8.01. The lowest BCUT2D eigenvalue weighted by molar-refractivity contribution is -0.384. The molecule has 0 unspecified atom stereocenters. The Labute approximate surface area is 193 Å². The molecular weight excluding hydrogens is 475 g/mol. The Morgan fingerprint density at radius 3 is 2.81 bits per heavy atom. The fourth-order valence-electron chi connectivity index (χ4n) is 2.58. The fraction of sp³-hybridized carbons (Fsp3) is 0.0526. The molecule has 0 aliphatic carbocycles. The molecule has 8 nitrogen and oxygen atoms in total. The fourth-order valence-corrected chi connectivity index (χ4v) is 5.47. The zero-order valence-corrected chi connectivity index (χ0v) is 18.9. The van der Waals surface area contributed by atoms with Crippen LogP contribution in [0.4, 0.5) is 10.8 Å². The van der Waals surface area contributed by atoms with Crippen molar-refractivity contribution in [3.05, 3.63) is 74.0 Å². The lowest BCUT2D eigenvalue weighted by Crippen LogP contribution is -2.13. The Hall–Kier alpha value is -2.93. The number of carbonyl (C=O) groups excluding carboxylic acids is 1. The number of thioether (sulfide) groups is 1. The topological polar surface area (TPSA) is 103 Å².